The van der Waals surface area contributed by atoms with Crippen LogP contribution in [0, 0.1) is 16.0 Å². The van der Waals surface area contributed by atoms with Gasteiger partial charge in [0.1, 0.15) is 11.6 Å². The van der Waals surface area contributed by atoms with E-state index in [-0.39, 0.29) is 22.9 Å². The first-order valence-electron chi connectivity index (χ1n) is 9.13. The molecule has 0 N–H and O–H groups in total. The second-order valence-electron chi connectivity index (χ2n) is 7.57. The first-order valence-corrected chi connectivity index (χ1v) is 9.13. The van der Waals surface area contributed by atoms with E-state index >= 15 is 0 Å². The summed E-state index contributed by atoms with van der Waals surface area (Å²) in [5.74, 6) is -0.578. The van der Waals surface area contributed by atoms with Crippen LogP contribution in [0.3, 0.4) is 0 Å². The van der Waals surface area contributed by atoms with Crippen LogP contribution in [0.4, 0.5) is 0 Å². The zero-order valence-corrected chi connectivity index (χ0v) is 14.5. The topological polar surface area (TPSA) is 72.7 Å². The Morgan fingerprint density at radius 1 is 1.24 bits per heavy atom. The van der Waals surface area contributed by atoms with Gasteiger partial charge in [-0.05, 0) is 31.2 Å². The maximum Gasteiger partial charge on any atom is 0.326 e. The number of esters is 1. The van der Waals surface area contributed by atoms with Crippen molar-refractivity contribution < 1.29 is 14.5 Å². The predicted octanol–water partition coefficient (Wildman–Crippen LogP) is 2.95. The minimum atomic E-state index is -1.10. The zero-order chi connectivity index (χ0) is 17.7. The molecule has 1 saturated carbocycles. The van der Waals surface area contributed by atoms with Crippen molar-refractivity contribution in [2.24, 2.45) is 5.92 Å². The van der Waals surface area contributed by atoms with Gasteiger partial charge in [0, 0.05) is 17.9 Å². The van der Waals surface area contributed by atoms with Gasteiger partial charge in [0.15, 0.2) is 0 Å². The van der Waals surface area contributed by atoms with Gasteiger partial charge in [-0.3, -0.25) is 19.8 Å². The molecule has 1 aromatic carbocycles. The lowest BCUT2D eigenvalue weighted by Gasteiger charge is -2.38. The molecule has 2 aliphatic heterocycles. The van der Waals surface area contributed by atoms with E-state index in [9.17, 15) is 14.9 Å². The second-order valence-corrected chi connectivity index (χ2v) is 7.57. The van der Waals surface area contributed by atoms with Crippen LogP contribution in [0.15, 0.2) is 30.3 Å². The highest BCUT2D eigenvalue weighted by Gasteiger charge is 2.77. The van der Waals surface area contributed by atoms with E-state index in [1.165, 1.54) is 7.11 Å². The minimum Gasteiger partial charge on any atom is -0.468 e. The summed E-state index contributed by atoms with van der Waals surface area (Å²) >= 11 is 0. The molecule has 1 aliphatic carbocycles. The highest BCUT2D eigenvalue weighted by molar-refractivity contribution is 5.83. The molecule has 6 nitrogen and oxygen atoms in total. The van der Waals surface area contributed by atoms with Gasteiger partial charge in [-0.2, -0.15) is 0 Å². The molecule has 0 bridgehead atoms. The lowest BCUT2D eigenvalue weighted by atomic mass is 9.64. The van der Waals surface area contributed by atoms with Crippen molar-refractivity contribution >= 4 is 5.97 Å². The van der Waals surface area contributed by atoms with Crippen LogP contribution < -0.4 is 0 Å². The van der Waals surface area contributed by atoms with Gasteiger partial charge in [-0.15, -0.1) is 0 Å². The summed E-state index contributed by atoms with van der Waals surface area (Å²) in [5.41, 5.74) is -1.00. The van der Waals surface area contributed by atoms with Crippen LogP contribution in [-0.2, 0) is 9.53 Å². The zero-order valence-electron chi connectivity index (χ0n) is 14.5. The second kappa shape index (κ2) is 5.80. The molecule has 0 spiro atoms. The average molecular weight is 344 g/mol. The van der Waals surface area contributed by atoms with E-state index < -0.39 is 11.1 Å². The van der Waals surface area contributed by atoms with Crippen molar-refractivity contribution in [1.82, 2.24) is 4.90 Å². The highest BCUT2D eigenvalue weighted by Crippen LogP contribution is 2.63. The number of benzene rings is 1. The summed E-state index contributed by atoms with van der Waals surface area (Å²) in [7, 11) is 1.40. The number of hydrogen-bond acceptors (Lipinski definition) is 5. The summed E-state index contributed by atoms with van der Waals surface area (Å²) in [4.78, 5) is 27.4. The van der Waals surface area contributed by atoms with Gasteiger partial charge >= 0.3 is 5.97 Å². The Hall–Kier alpha value is -1.95. The standard InChI is InChI=1S/C19H24N2O4/c1-25-17(22)19-12-7-13-20(19)16(14-8-3-2-4-9-14)18(21(23)24)11-6-5-10-15(18)19/h2-4,8-9,15-16H,5-7,10-13H2,1H3/t15-,16-,18-,19+/m0/s1. The number of ether oxygens (including phenoxy) is 1. The van der Waals surface area contributed by atoms with E-state index in [0.29, 0.717) is 19.4 Å². The highest BCUT2D eigenvalue weighted by atomic mass is 16.6. The number of nitrogens with zero attached hydrogens (tertiary/aromatic N) is 2. The van der Waals surface area contributed by atoms with Gasteiger partial charge in [0.2, 0.25) is 5.54 Å². The molecular weight excluding hydrogens is 320 g/mol. The van der Waals surface area contributed by atoms with Gasteiger partial charge in [-0.25, -0.2) is 0 Å². The molecule has 0 unspecified atom stereocenters. The Labute approximate surface area is 147 Å². The van der Waals surface area contributed by atoms with Gasteiger partial charge in [0.25, 0.3) is 0 Å². The third-order valence-electron chi connectivity index (χ3n) is 6.75. The molecule has 25 heavy (non-hydrogen) atoms. The van der Waals surface area contributed by atoms with Gasteiger partial charge in [0.05, 0.1) is 13.0 Å². The van der Waals surface area contributed by atoms with Gasteiger partial charge in [-0.1, -0.05) is 36.8 Å². The molecule has 4 rings (SSSR count). The van der Waals surface area contributed by atoms with Crippen molar-refractivity contribution in [3.8, 4) is 0 Å². The number of carbonyl (C=O) groups is 1. The van der Waals surface area contributed by atoms with Crippen molar-refractivity contribution in [3.05, 3.63) is 46.0 Å². The summed E-state index contributed by atoms with van der Waals surface area (Å²) < 4.78 is 5.19. The molecule has 0 amide bonds. The Balaban J connectivity index is 1.95. The number of nitro groups is 1. The molecule has 1 aromatic rings. The Morgan fingerprint density at radius 3 is 2.68 bits per heavy atom. The van der Waals surface area contributed by atoms with Crippen molar-refractivity contribution in [1.29, 1.82) is 0 Å². The molecule has 4 atom stereocenters. The first-order chi connectivity index (χ1) is 12.1. The van der Waals surface area contributed by atoms with E-state index in [1.54, 1.807) is 0 Å². The van der Waals surface area contributed by atoms with E-state index in [4.69, 9.17) is 4.74 Å². The van der Waals surface area contributed by atoms with E-state index in [1.807, 2.05) is 30.3 Å². The summed E-state index contributed by atoms with van der Waals surface area (Å²) in [6.45, 7) is 0.709. The lowest BCUT2D eigenvalue weighted by Crippen LogP contribution is -2.56. The fourth-order valence-corrected chi connectivity index (χ4v) is 5.99. The predicted molar refractivity (Wildman–Crippen MR) is 91.6 cm³/mol. The lowest BCUT2D eigenvalue weighted by molar-refractivity contribution is -0.587. The van der Waals surface area contributed by atoms with Crippen molar-refractivity contribution in [2.75, 3.05) is 13.7 Å². The first kappa shape index (κ1) is 16.5. The number of fused-ring (bicyclic) bond motifs is 3. The SMILES string of the molecule is COC(=O)[C@]12CCCN1[C@@H](c1ccccc1)[C@]1([N+](=O)[O-])CCCC[C@@H]12. The smallest absolute Gasteiger partial charge is 0.326 e. The molecule has 6 heteroatoms. The molecule has 3 aliphatic rings. The number of carbonyl (C=O) groups excluding carboxylic acids is 1. The van der Waals surface area contributed by atoms with Crippen LogP contribution in [0.25, 0.3) is 0 Å². The maximum atomic E-state index is 12.9. The number of rotatable bonds is 3. The van der Waals surface area contributed by atoms with E-state index in [0.717, 1.165) is 31.2 Å². The number of methoxy groups -OCH3 is 1. The third kappa shape index (κ3) is 1.97. The Bertz CT molecular complexity index is 694. The molecule has 0 radical (unpaired) electrons. The normalized spacial score (nSPS) is 37.3. The molecule has 134 valence electrons. The molecule has 0 aromatic heterocycles. The summed E-state index contributed by atoms with van der Waals surface area (Å²) in [6.07, 6.45) is 4.56. The third-order valence-corrected chi connectivity index (χ3v) is 6.75. The molecule has 3 fully saturated rings. The van der Waals surface area contributed by atoms with Crippen LogP contribution in [0.1, 0.15) is 50.1 Å². The summed E-state index contributed by atoms with van der Waals surface area (Å²) in [5, 5.41) is 12.5. The van der Waals surface area contributed by atoms with Crippen LogP contribution in [0.5, 0.6) is 0 Å². The van der Waals surface area contributed by atoms with Crippen molar-refractivity contribution in [3.63, 3.8) is 0 Å². The number of hydrogen-bond donors (Lipinski definition) is 0. The monoisotopic (exact) mass is 344 g/mol. The average Bonchev–Trinajstić information content (AvgIpc) is 3.17. The fourth-order valence-electron chi connectivity index (χ4n) is 5.99. The quantitative estimate of drug-likeness (QED) is 0.479. The largest absolute Gasteiger partial charge is 0.468 e. The molecule has 2 saturated heterocycles. The Kier molecular flexibility index (Phi) is 3.83. The minimum absolute atomic E-state index is 0.0719. The Morgan fingerprint density at radius 2 is 2.00 bits per heavy atom. The van der Waals surface area contributed by atoms with Gasteiger partial charge < -0.3 is 4.74 Å². The van der Waals surface area contributed by atoms with Crippen LogP contribution >= 0.6 is 0 Å². The molecular formula is C19H24N2O4. The fraction of sp³-hybridized carbons (Fsp3) is 0.632. The van der Waals surface area contributed by atoms with E-state index in [2.05, 4.69) is 4.90 Å². The van der Waals surface area contributed by atoms with Crippen LogP contribution in [0.2, 0.25) is 0 Å². The van der Waals surface area contributed by atoms with Crippen LogP contribution in [-0.4, -0.2) is 40.5 Å². The maximum absolute atomic E-state index is 12.9. The summed E-state index contributed by atoms with van der Waals surface area (Å²) in [6, 6.07) is 9.34. The molecule has 2 heterocycles. The van der Waals surface area contributed by atoms with Crippen molar-refractivity contribution in [2.45, 2.75) is 55.6 Å².